The topological polar surface area (TPSA) is 56.1 Å². The van der Waals surface area contributed by atoms with Gasteiger partial charge in [0.15, 0.2) is 0 Å². The molecule has 1 amide bonds. The summed E-state index contributed by atoms with van der Waals surface area (Å²) in [6.07, 6.45) is 2.01. The van der Waals surface area contributed by atoms with Crippen LogP contribution in [0.15, 0.2) is 48.5 Å². The molecular weight excluding hydrogens is 326 g/mol. The molecule has 0 saturated heterocycles. The number of hydrogen-bond donors (Lipinski definition) is 1. The third kappa shape index (κ3) is 3.57. The summed E-state index contributed by atoms with van der Waals surface area (Å²) in [4.78, 5) is 16.7. The first-order chi connectivity index (χ1) is 12.7. The zero-order valence-electron chi connectivity index (χ0n) is 14.9. The molecule has 0 radical (unpaired) electrons. The highest BCUT2D eigenvalue weighted by Crippen LogP contribution is 2.29. The molecule has 0 spiro atoms. The number of hydrogen-bond acceptors (Lipinski definition) is 3. The molecule has 1 heterocycles. The lowest BCUT2D eigenvalue weighted by Gasteiger charge is -2.12. The largest absolute Gasteiger partial charge is 0.491 e. The van der Waals surface area contributed by atoms with Crippen LogP contribution >= 0.6 is 0 Å². The summed E-state index contributed by atoms with van der Waals surface area (Å²) in [5, 5.41) is 3.02. The van der Waals surface area contributed by atoms with E-state index in [1.807, 2.05) is 49.4 Å². The summed E-state index contributed by atoms with van der Waals surface area (Å²) in [6, 6.07) is 16.1. The highest BCUT2D eigenvalue weighted by atomic mass is 16.5. The molecule has 0 unspecified atom stereocenters. The number of para-hydroxylation sites is 3. The zero-order valence-corrected chi connectivity index (χ0v) is 14.9. The fourth-order valence-electron chi connectivity index (χ4n) is 3.13. The first kappa shape index (κ1) is 16.6. The number of nitrogens with one attached hydrogen (secondary N) is 1. The highest BCUT2D eigenvalue weighted by molar-refractivity contribution is 5.81. The molecular formula is C21H23N3O2. The normalized spacial score (nSPS) is 13.7. The molecule has 1 aliphatic carbocycles. The predicted molar refractivity (Wildman–Crippen MR) is 101 cm³/mol. The van der Waals surface area contributed by atoms with Crippen LogP contribution in [0.3, 0.4) is 0 Å². The molecule has 5 heteroatoms. The molecule has 1 fully saturated rings. The Kier molecular flexibility index (Phi) is 4.61. The van der Waals surface area contributed by atoms with Crippen LogP contribution in [0.5, 0.6) is 5.75 Å². The van der Waals surface area contributed by atoms with E-state index in [2.05, 4.69) is 16.0 Å². The van der Waals surface area contributed by atoms with Gasteiger partial charge in [-0.15, -0.1) is 0 Å². The maximum Gasteiger partial charge on any atom is 0.223 e. The molecule has 2 aromatic carbocycles. The SMILES string of the molecule is Cc1ccccc1OCCn1c(CNC(=O)C2CC2)nc2ccccc21. The lowest BCUT2D eigenvalue weighted by molar-refractivity contribution is -0.122. The zero-order chi connectivity index (χ0) is 17.9. The number of aryl methyl sites for hydroxylation is 1. The van der Waals surface area contributed by atoms with Crippen molar-refractivity contribution in [2.24, 2.45) is 5.92 Å². The molecule has 0 atom stereocenters. The van der Waals surface area contributed by atoms with Crippen LogP contribution in [0.4, 0.5) is 0 Å². The molecule has 0 bridgehead atoms. The number of ether oxygens (including phenoxy) is 1. The van der Waals surface area contributed by atoms with E-state index in [4.69, 9.17) is 9.72 Å². The molecule has 134 valence electrons. The van der Waals surface area contributed by atoms with Crippen molar-refractivity contribution < 1.29 is 9.53 Å². The Morgan fingerprint density at radius 3 is 2.77 bits per heavy atom. The van der Waals surface area contributed by atoms with Crippen molar-refractivity contribution in [3.05, 3.63) is 59.9 Å². The van der Waals surface area contributed by atoms with Crippen LogP contribution < -0.4 is 10.1 Å². The molecule has 5 nitrogen and oxygen atoms in total. The van der Waals surface area contributed by atoms with Crippen molar-refractivity contribution in [3.8, 4) is 5.75 Å². The fraction of sp³-hybridized carbons (Fsp3) is 0.333. The number of amides is 1. The molecule has 1 N–H and O–H groups in total. The van der Waals surface area contributed by atoms with Crippen LogP contribution in [-0.4, -0.2) is 22.1 Å². The molecule has 3 aromatic rings. The number of aromatic nitrogens is 2. The van der Waals surface area contributed by atoms with E-state index in [0.29, 0.717) is 19.7 Å². The average Bonchev–Trinajstić information content (AvgIpc) is 3.44. The number of carbonyl (C=O) groups excluding carboxylic acids is 1. The van der Waals surface area contributed by atoms with Crippen LogP contribution in [0.25, 0.3) is 11.0 Å². The van der Waals surface area contributed by atoms with Gasteiger partial charge in [-0.3, -0.25) is 4.79 Å². The number of carbonyl (C=O) groups is 1. The second-order valence-electron chi connectivity index (χ2n) is 6.77. The first-order valence-corrected chi connectivity index (χ1v) is 9.12. The van der Waals surface area contributed by atoms with Crippen molar-refractivity contribution in [2.45, 2.75) is 32.9 Å². The summed E-state index contributed by atoms with van der Waals surface area (Å²) in [7, 11) is 0. The smallest absolute Gasteiger partial charge is 0.223 e. The van der Waals surface area contributed by atoms with Crippen molar-refractivity contribution in [1.82, 2.24) is 14.9 Å². The quantitative estimate of drug-likeness (QED) is 0.711. The van der Waals surface area contributed by atoms with Crippen LogP contribution in [0.1, 0.15) is 24.2 Å². The maximum atomic E-state index is 12.0. The summed E-state index contributed by atoms with van der Waals surface area (Å²) in [5.41, 5.74) is 3.13. The second kappa shape index (κ2) is 7.20. The van der Waals surface area contributed by atoms with Crippen molar-refractivity contribution in [2.75, 3.05) is 6.61 Å². The van der Waals surface area contributed by atoms with Crippen molar-refractivity contribution in [1.29, 1.82) is 0 Å². The summed E-state index contributed by atoms with van der Waals surface area (Å²) in [5.74, 6) is 2.12. The average molecular weight is 349 g/mol. The third-order valence-corrected chi connectivity index (χ3v) is 4.77. The van der Waals surface area contributed by atoms with Gasteiger partial charge >= 0.3 is 0 Å². The minimum atomic E-state index is 0.139. The van der Waals surface area contributed by atoms with Gasteiger partial charge < -0.3 is 14.6 Å². The maximum absolute atomic E-state index is 12.0. The van der Waals surface area contributed by atoms with Gasteiger partial charge in [0, 0.05) is 5.92 Å². The molecule has 1 aliphatic rings. The minimum absolute atomic E-state index is 0.139. The van der Waals surface area contributed by atoms with E-state index in [0.717, 1.165) is 41.0 Å². The Hall–Kier alpha value is -2.82. The van der Waals surface area contributed by atoms with E-state index >= 15 is 0 Å². The van der Waals surface area contributed by atoms with Gasteiger partial charge in [-0.2, -0.15) is 0 Å². The predicted octanol–water partition coefficient (Wildman–Crippen LogP) is 3.45. The number of rotatable bonds is 7. The second-order valence-corrected chi connectivity index (χ2v) is 6.77. The van der Waals surface area contributed by atoms with E-state index in [1.54, 1.807) is 0 Å². The fourth-order valence-corrected chi connectivity index (χ4v) is 3.13. The Labute approximate surface area is 153 Å². The Morgan fingerprint density at radius 2 is 1.96 bits per heavy atom. The van der Waals surface area contributed by atoms with Crippen molar-refractivity contribution in [3.63, 3.8) is 0 Å². The number of imidazole rings is 1. The molecule has 1 aromatic heterocycles. The molecule has 1 saturated carbocycles. The van der Waals surface area contributed by atoms with Gasteiger partial charge in [0.2, 0.25) is 5.91 Å². The monoisotopic (exact) mass is 349 g/mol. The van der Waals surface area contributed by atoms with Gasteiger partial charge in [-0.05, 0) is 43.5 Å². The van der Waals surface area contributed by atoms with E-state index in [9.17, 15) is 4.79 Å². The van der Waals surface area contributed by atoms with E-state index in [1.165, 1.54) is 0 Å². The number of benzene rings is 2. The summed E-state index contributed by atoms with van der Waals surface area (Å²) in [6.45, 7) is 3.73. The number of fused-ring (bicyclic) bond motifs is 1. The number of nitrogens with zero attached hydrogens (tertiary/aromatic N) is 2. The van der Waals surface area contributed by atoms with E-state index < -0.39 is 0 Å². The Bertz CT molecular complexity index is 928. The van der Waals surface area contributed by atoms with Crippen LogP contribution in [-0.2, 0) is 17.9 Å². The van der Waals surface area contributed by atoms with Crippen molar-refractivity contribution >= 4 is 16.9 Å². The van der Waals surface area contributed by atoms with Gasteiger partial charge in [-0.25, -0.2) is 4.98 Å². The third-order valence-electron chi connectivity index (χ3n) is 4.77. The van der Waals surface area contributed by atoms with Gasteiger partial charge in [-0.1, -0.05) is 30.3 Å². The Balaban J connectivity index is 1.49. The lowest BCUT2D eigenvalue weighted by atomic mass is 10.2. The van der Waals surface area contributed by atoms with Gasteiger partial charge in [0.1, 0.15) is 18.2 Å². The Morgan fingerprint density at radius 1 is 1.19 bits per heavy atom. The molecule has 0 aliphatic heterocycles. The van der Waals surface area contributed by atoms with Crippen LogP contribution in [0.2, 0.25) is 0 Å². The molecule has 26 heavy (non-hydrogen) atoms. The standard InChI is InChI=1S/C21H23N3O2/c1-15-6-2-5-9-19(15)26-13-12-24-18-8-4-3-7-17(18)23-20(24)14-22-21(25)16-10-11-16/h2-9,16H,10-14H2,1H3,(H,22,25). The summed E-state index contributed by atoms with van der Waals surface area (Å²) < 4.78 is 8.09. The van der Waals surface area contributed by atoms with Crippen LogP contribution in [0, 0.1) is 12.8 Å². The van der Waals surface area contributed by atoms with Gasteiger partial charge in [0.25, 0.3) is 0 Å². The lowest BCUT2D eigenvalue weighted by Crippen LogP contribution is -2.26. The molecule has 4 rings (SSSR count). The highest BCUT2D eigenvalue weighted by Gasteiger charge is 2.29. The summed E-state index contributed by atoms with van der Waals surface area (Å²) >= 11 is 0. The first-order valence-electron chi connectivity index (χ1n) is 9.12. The van der Waals surface area contributed by atoms with Gasteiger partial charge in [0.05, 0.1) is 24.1 Å². The van der Waals surface area contributed by atoms with E-state index in [-0.39, 0.29) is 11.8 Å². The minimum Gasteiger partial charge on any atom is -0.491 e.